The summed E-state index contributed by atoms with van der Waals surface area (Å²) in [6.45, 7) is 5.10. The molecule has 0 radical (unpaired) electrons. The summed E-state index contributed by atoms with van der Waals surface area (Å²) in [5.41, 5.74) is 0.955. The summed E-state index contributed by atoms with van der Waals surface area (Å²) in [4.78, 5) is 0. The average Bonchev–Trinajstić information content (AvgIpc) is 2.10. The van der Waals surface area contributed by atoms with E-state index in [1.165, 1.54) is 0 Å². The fourth-order valence-corrected chi connectivity index (χ4v) is 1.75. The topological polar surface area (TPSA) is 24.1 Å². The van der Waals surface area contributed by atoms with Crippen LogP contribution in [0.3, 0.4) is 0 Å². The van der Waals surface area contributed by atoms with E-state index in [9.17, 15) is 0 Å². The highest BCUT2D eigenvalue weighted by Crippen LogP contribution is 2.26. The molecule has 1 aromatic carbocycles. The Hall–Kier alpha value is -0.440. The summed E-state index contributed by atoms with van der Waals surface area (Å²) in [5.74, 6) is 0. The van der Waals surface area contributed by atoms with Gasteiger partial charge >= 0.3 is 0 Å². The molecule has 0 spiro atoms. The molecule has 0 aliphatic carbocycles. The van der Waals surface area contributed by atoms with Gasteiger partial charge in [-0.2, -0.15) is 0 Å². The van der Waals surface area contributed by atoms with Crippen LogP contribution < -0.4 is 10.6 Å². The zero-order valence-electron chi connectivity index (χ0n) is 9.20. The third kappa shape index (κ3) is 3.90. The van der Waals surface area contributed by atoms with E-state index in [4.69, 9.17) is 23.2 Å². The summed E-state index contributed by atoms with van der Waals surface area (Å²) in [7, 11) is 1.93. The Balaban J connectivity index is 2.76. The largest absolute Gasteiger partial charge is 0.379 e. The van der Waals surface area contributed by atoms with Gasteiger partial charge in [0, 0.05) is 17.8 Å². The van der Waals surface area contributed by atoms with Crippen molar-refractivity contribution in [1.29, 1.82) is 0 Å². The number of hydrogen-bond donors (Lipinski definition) is 2. The van der Waals surface area contributed by atoms with Gasteiger partial charge in [0.2, 0.25) is 0 Å². The molecule has 15 heavy (non-hydrogen) atoms. The Morgan fingerprint density at radius 1 is 1.20 bits per heavy atom. The van der Waals surface area contributed by atoms with Gasteiger partial charge in [0.05, 0.1) is 10.0 Å². The number of halogens is 2. The predicted molar refractivity (Wildman–Crippen MR) is 68.1 cm³/mol. The number of rotatable bonds is 4. The Labute approximate surface area is 101 Å². The maximum absolute atomic E-state index is 5.93. The quantitative estimate of drug-likeness (QED) is 0.852. The Morgan fingerprint density at radius 3 is 2.40 bits per heavy atom. The number of benzene rings is 1. The molecule has 0 unspecified atom stereocenters. The smallest absolute Gasteiger partial charge is 0.0612 e. The molecule has 0 saturated carbocycles. The minimum absolute atomic E-state index is 0.0219. The molecular weight excluding hydrogens is 231 g/mol. The van der Waals surface area contributed by atoms with Gasteiger partial charge in [-0.15, -0.1) is 0 Å². The molecule has 2 nitrogen and oxygen atoms in total. The van der Waals surface area contributed by atoms with Crippen LogP contribution in [0.2, 0.25) is 10.0 Å². The number of nitrogens with one attached hydrogen (secondary N) is 2. The summed E-state index contributed by atoms with van der Waals surface area (Å²) in [5, 5.41) is 7.66. The first-order valence-corrected chi connectivity index (χ1v) is 5.58. The highest BCUT2D eigenvalue weighted by Gasteiger charge is 2.16. The van der Waals surface area contributed by atoms with Gasteiger partial charge in [0.25, 0.3) is 0 Å². The second-order valence-corrected chi connectivity index (χ2v) is 4.98. The summed E-state index contributed by atoms with van der Waals surface area (Å²) in [6.07, 6.45) is 0. The average molecular weight is 247 g/mol. The standard InChI is InChI=1S/C11H16Cl2N2/c1-11(2,7-14-3)15-8-4-5-9(12)10(13)6-8/h4-6,14-15H,7H2,1-3H3. The first-order valence-electron chi connectivity index (χ1n) is 4.82. The van der Waals surface area contributed by atoms with Crippen molar-refractivity contribution in [3.63, 3.8) is 0 Å². The molecule has 0 aliphatic rings. The van der Waals surface area contributed by atoms with Crippen LogP contribution in [-0.2, 0) is 0 Å². The molecule has 84 valence electrons. The molecule has 4 heteroatoms. The highest BCUT2D eigenvalue weighted by atomic mass is 35.5. The molecule has 1 rings (SSSR count). The van der Waals surface area contributed by atoms with Crippen LogP contribution in [0.4, 0.5) is 5.69 Å². The molecule has 0 bridgehead atoms. The minimum atomic E-state index is -0.0219. The van der Waals surface area contributed by atoms with E-state index in [1.54, 1.807) is 6.07 Å². The van der Waals surface area contributed by atoms with E-state index in [0.717, 1.165) is 12.2 Å². The maximum Gasteiger partial charge on any atom is 0.0612 e. The van der Waals surface area contributed by atoms with Crippen molar-refractivity contribution in [2.24, 2.45) is 0 Å². The van der Waals surface area contributed by atoms with E-state index in [1.807, 2.05) is 19.2 Å². The van der Waals surface area contributed by atoms with Crippen molar-refractivity contribution in [2.75, 3.05) is 18.9 Å². The third-order valence-corrected chi connectivity index (χ3v) is 2.76. The Morgan fingerprint density at radius 2 is 1.87 bits per heavy atom. The van der Waals surface area contributed by atoms with E-state index < -0.39 is 0 Å². The van der Waals surface area contributed by atoms with Crippen molar-refractivity contribution in [3.8, 4) is 0 Å². The van der Waals surface area contributed by atoms with Crippen molar-refractivity contribution >= 4 is 28.9 Å². The molecule has 1 aromatic rings. The van der Waals surface area contributed by atoms with Crippen molar-refractivity contribution in [3.05, 3.63) is 28.2 Å². The molecular formula is C11H16Cl2N2. The van der Waals surface area contributed by atoms with E-state index in [0.29, 0.717) is 10.0 Å². The number of anilines is 1. The lowest BCUT2D eigenvalue weighted by molar-refractivity contribution is 0.530. The molecule has 0 saturated heterocycles. The van der Waals surface area contributed by atoms with E-state index in [2.05, 4.69) is 24.5 Å². The number of hydrogen-bond acceptors (Lipinski definition) is 2. The van der Waals surface area contributed by atoms with Crippen LogP contribution in [-0.4, -0.2) is 19.1 Å². The Kier molecular flexibility index (Phi) is 4.26. The summed E-state index contributed by atoms with van der Waals surface area (Å²) >= 11 is 11.8. The van der Waals surface area contributed by atoms with Gasteiger partial charge in [-0.3, -0.25) is 0 Å². The highest BCUT2D eigenvalue weighted by molar-refractivity contribution is 6.42. The second-order valence-electron chi connectivity index (χ2n) is 4.17. The van der Waals surface area contributed by atoms with Gasteiger partial charge < -0.3 is 10.6 Å². The molecule has 0 fully saturated rings. The second kappa shape index (κ2) is 5.06. The van der Waals surface area contributed by atoms with Crippen LogP contribution in [0.25, 0.3) is 0 Å². The normalized spacial score (nSPS) is 11.5. The lowest BCUT2D eigenvalue weighted by Gasteiger charge is -2.27. The van der Waals surface area contributed by atoms with Crippen LogP contribution >= 0.6 is 23.2 Å². The first-order chi connectivity index (χ1) is 6.94. The van der Waals surface area contributed by atoms with Gasteiger partial charge in [0.15, 0.2) is 0 Å². The van der Waals surface area contributed by atoms with E-state index >= 15 is 0 Å². The zero-order valence-corrected chi connectivity index (χ0v) is 10.7. The van der Waals surface area contributed by atoms with Gasteiger partial charge in [0.1, 0.15) is 0 Å². The van der Waals surface area contributed by atoms with Crippen molar-refractivity contribution in [1.82, 2.24) is 5.32 Å². The molecule has 0 aliphatic heterocycles. The fraction of sp³-hybridized carbons (Fsp3) is 0.455. The molecule has 0 aromatic heterocycles. The van der Waals surface area contributed by atoms with Crippen LogP contribution in [0.15, 0.2) is 18.2 Å². The van der Waals surface area contributed by atoms with Gasteiger partial charge in [-0.05, 0) is 39.1 Å². The van der Waals surface area contributed by atoms with E-state index in [-0.39, 0.29) is 5.54 Å². The molecule has 2 N–H and O–H groups in total. The predicted octanol–water partition coefficient (Wildman–Crippen LogP) is 3.40. The van der Waals surface area contributed by atoms with Crippen LogP contribution in [0, 0.1) is 0 Å². The Bertz CT molecular complexity index is 337. The van der Waals surface area contributed by atoms with Crippen molar-refractivity contribution < 1.29 is 0 Å². The lowest BCUT2D eigenvalue weighted by Crippen LogP contribution is -2.40. The van der Waals surface area contributed by atoms with Gasteiger partial charge in [-0.1, -0.05) is 23.2 Å². The zero-order chi connectivity index (χ0) is 11.5. The van der Waals surface area contributed by atoms with Gasteiger partial charge in [-0.25, -0.2) is 0 Å². The van der Waals surface area contributed by atoms with Crippen LogP contribution in [0.1, 0.15) is 13.8 Å². The first kappa shape index (κ1) is 12.6. The van der Waals surface area contributed by atoms with Crippen LogP contribution in [0.5, 0.6) is 0 Å². The monoisotopic (exact) mass is 246 g/mol. The SMILES string of the molecule is CNCC(C)(C)Nc1ccc(Cl)c(Cl)c1. The molecule has 0 amide bonds. The lowest BCUT2D eigenvalue weighted by atomic mass is 10.1. The summed E-state index contributed by atoms with van der Waals surface area (Å²) < 4.78 is 0. The maximum atomic E-state index is 5.93. The third-order valence-electron chi connectivity index (χ3n) is 2.02. The molecule has 0 heterocycles. The minimum Gasteiger partial charge on any atom is -0.379 e. The molecule has 0 atom stereocenters. The fourth-order valence-electron chi connectivity index (χ4n) is 1.45. The van der Waals surface area contributed by atoms with Crippen molar-refractivity contribution in [2.45, 2.75) is 19.4 Å². The summed E-state index contributed by atoms with van der Waals surface area (Å²) in [6, 6.07) is 5.55. The number of likely N-dealkylation sites (N-methyl/N-ethyl adjacent to an activating group) is 1.